The molecule has 17 heavy (non-hydrogen) atoms. The molecule has 0 radical (unpaired) electrons. The Morgan fingerprint density at radius 2 is 2.06 bits per heavy atom. The standard InChI is InChI=1S/C15H23NO/c1-11-7-6-9-14(11)16-12(2)13-8-4-5-10-15(13)17-3/h4-5,8,10-12,14,16H,6-7,9H2,1-3H3. The third-order valence-electron chi connectivity index (χ3n) is 3.93. The summed E-state index contributed by atoms with van der Waals surface area (Å²) in [6.07, 6.45) is 4.02. The van der Waals surface area contributed by atoms with E-state index in [4.69, 9.17) is 4.74 Å². The lowest BCUT2D eigenvalue weighted by Gasteiger charge is -2.24. The highest BCUT2D eigenvalue weighted by molar-refractivity contribution is 5.35. The number of hydrogen-bond acceptors (Lipinski definition) is 2. The first kappa shape index (κ1) is 12.4. The van der Waals surface area contributed by atoms with Gasteiger partial charge < -0.3 is 10.1 Å². The molecule has 1 N–H and O–H groups in total. The molecule has 3 unspecified atom stereocenters. The molecule has 0 amide bonds. The second-order valence-corrected chi connectivity index (χ2v) is 5.14. The van der Waals surface area contributed by atoms with Gasteiger partial charge in [-0.3, -0.25) is 0 Å². The molecule has 0 heterocycles. The number of rotatable bonds is 4. The molecule has 0 spiro atoms. The summed E-state index contributed by atoms with van der Waals surface area (Å²) < 4.78 is 5.42. The van der Waals surface area contributed by atoms with Gasteiger partial charge in [-0.1, -0.05) is 31.5 Å². The van der Waals surface area contributed by atoms with Crippen LogP contribution in [0.2, 0.25) is 0 Å². The first-order chi connectivity index (χ1) is 8.22. The fraction of sp³-hybridized carbons (Fsp3) is 0.600. The number of para-hydroxylation sites is 1. The molecule has 0 aliphatic heterocycles. The van der Waals surface area contributed by atoms with E-state index in [1.165, 1.54) is 24.8 Å². The molecule has 2 heteroatoms. The zero-order chi connectivity index (χ0) is 12.3. The SMILES string of the molecule is COc1ccccc1C(C)NC1CCCC1C. The zero-order valence-electron chi connectivity index (χ0n) is 11.1. The van der Waals surface area contributed by atoms with Crippen LogP contribution in [0.5, 0.6) is 5.75 Å². The molecule has 1 aromatic carbocycles. The quantitative estimate of drug-likeness (QED) is 0.859. The van der Waals surface area contributed by atoms with E-state index >= 15 is 0 Å². The van der Waals surface area contributed by atoms with Crippen molar-refractivity contribution in [3.8, 4) is 5.75 Å². The fourth-order valence-corrected chi connectivity index (χ4v) is 2.83. The van der Waals surface area contributed by atoms with E-state index in [0.29, 0.717) is 12.1 Å². The molecule has 2 nitrogen and oxygen atoms in total. The highest BCUT2D eigenvalue weighted by Gasteiger charge is 2.25. The van der Waals surface area contributed by atoms with Crippen molar-refractivity contribution < 1.29 is 4.74 Å². The molecule has 1 aliphatic rings. The number of methoxy groups -OCH3 is 1. The van der Waals surface area contributed by atoms with Crippen LogP contribution in [0.4, 0.5) is 0 Å². The molecular formula is C15H23NO. The van der Waals surface area contributed by atoms with Crippen molar-refractivity contribution in [2.75, 3.05) is 7.11 Å². The minimum atomic E-state index is 0.358. The van der Waals surface area contributed by atoms with E-state index in [0.717, 1.165) is 11.7 Å². The van der Waals surface area contributed by atoms with E-state index in [-0.39, 0.29) is 0 Å². The molecular weight excluding hydrogens is 210 g/mol. The van der Waals surface area contributed by atoms with Gasteiger partial charge in [0.25, 0.3) is 0 Å². The van der Waals surface area contributed by atoms with Crippen LogP contribution in [-0.2, 0) is 0 Å². The van der Waals surface area contributed by atoms with Crippen molar-refractivity contribution in [2.24, 2.45) is 5.92 Å². The minimum Gasteiger partial charge on any atom is -0.496 e. The van der Waals surface area contributed by atoms with Gasteiger partial charge in [0.05, 0.1) is 7.11 Å². The molecule has 1 saturated carbocycles. The summed E-state index contributed by atoms with van der Waals surface area (Å²) in [5.41, 5.74) is 1.26. The third-order valence-corrected chi connectivity index (χ3v) is 3.93. The Hall–Kier alpha value is -1.02. The Balaban J connectivity index is 2.06. The summed E-state index contributed by atoms with van der Waals surface area (Å²) in [5.74, 6) is 1.78. The maximum atomic E-state index is 5.42. The Kier molecular flexibility index (Phi) is 4.06. The molecule has 0 saturated heterocycles. The van der Waals surface area contributed by atoms with Crippen molar-refractivity contribution in [3.63, 3.8) is 0 Å². The second-order valence-electron chi connectivity index (χ2n) is 5.14. The number of nitrogens with one attached hydrogen (secondary N) is 1. The zero-order valence-corrected chi connectivity index (χ0v) is 11.1. The van der Waals surface area contributed by atoms with Crippen LogP contribution in [0.15, 0.2) is 24.3 Å². The first-order valence-electron chi connectivity index (χ1n) is 6.61. The molecule has 0 bridgehead atoms. The predicted octanol–water partition coefficient (Wildman–Crippen LogP) is 3.53. The van der Waals surface area contributed by atoms with E-state index in [2.05, 4.69) is 31.3 Å². The van der Waals surface area contributed by atoms with Gasteiger partial charge in [0, 0.05) is 17.6 Å². The van der Waals surface area contributed by atoms with Gasteiger partial charge >= 0.3 is 0 Å². The summed E-state index contributed by atoms with van der Waals surface area (Å²) >= 11 is 0. The molecule has 1 fully saturated rings. The monoisotopic (exact) mass is 233 g/mol. The Labute approximate surface area is 104 Å². The van der Waals surface area contributed by atoms with Crippen LogP contribution in [0.3, 0.4) is 0 Å². The van der Waals surface area contributed by atoms with Gasteiger partial charge in [-0.25, -0.2) is 0 Å². The average Bonchev–Trinajstić information content (AvgIpc) is 2.75. The second kappa shape index (κ2) is 5.54. The van der Waals surface area contributed by atoms with Gasteiger partial charge in [0.1, 0.15) is 5.75 Å². The summed E-state index contributed by atoms with van der Waals surface area (Å²) in [6.45, 7) is 4.57. The van der Waals surface area contributed by atoms with Gasteiger partial charge in [0.15, 0.2) is 0 Å². The highest BCUT2D eigenvalue weighted by Crippen LogP contribution is 2.30. The predicted molar refractivity (Wildman–Crippen MR) is 71.3 cm³/mol. The van der Waals surface area contributed by atoms with Gasteiger partial charge in [-0.15, -0.1) is 0 Å². The van der Waals surface area contributed by atoms with Crippen molar-refractivity contribution in [1.82, 2.24) is 5.32 Å². The maximum Gasteiger partial charge on any atom is 0.123 e. The molecule has 2 rings (SSSR count). The Morgan fingerprint density at radius 1 is 1.29 bits per heavy atom. The highest BCUT2D eigenvalue weighted by atomic mass is 16.5. The van der Waals surface area contributed by atoms with E-state index in [9.17, 15) is 0 Å². The van der Waals surface area contributed by atoms with Gasteiger partial charge in [0.2, 0.25) is 0 Å². The molecule has 94 valence electrons. The summed E-state index contributed by atoms with van der Waals surface area (Å²) in [5, 5.41) is 3.74. The van der Waals surface area contributed by atoms with Gasteiger partial charge in [-0.05, 0) is 31.7 Å². The first-order valence-corrected chi connectivity index (χ1v) is 6.61. The lowest BCUT2D eigenvalue weighted by Crippen LogP contribution is -2.33. The Morgan fingerprint density at radius 3 is 2.71 bits per heavy atom. The summed E-state index contributed by atoms with van der Waals surface area (Å²) in [7, 11) is 1.74. The largest absolute Gasteiger partial charge is 0.496 e. The van der Waals surface area contributed by atoms with Crippen molar-refractivity contribution >= 4 is 0 Å². The smallest absolute Gasteiger partial charge is 0.123 e. The van der Waals surface area contributed by atoms with E-state index < -0.39 is 0 Å². The Bertz CT molecular complexity index is 364. The molecule has 0 aromatic heterocycles. The number of hydrogen-bond donors (Lipinski definition) is 1. The normalized spacial score (nSPS) is 25.8. The topological polar surface area (TPSA) is 21.3 Å². The lowest BCUT2D eigenvalue weighted by molar-refractivity contribution is 0.369. The van der Waals surface area contributed by atoms with Crippen LogP contribution in [-0.4, -0.2) is 13.2 Å². The van der Waals surface area contributed by atoms with Crippen LogP contribution in [0.1, 0.15) is 44.7 Å². The maximum absolute atomic E-state index is 5.42. The summed E-state index contributed by atoms with van der Waals surface area (Å²) in [6, 6.07) is 9.30. The van der Waals surface area contributed by atoms with Crippen LogP contribution < -0.4 is 10.1 Å². The molecule has 1 aromatic rings. The van der Waals surface area contributed by atoms with Crippen LogP contribution in [0, 0.1) is 5.92 Å². The van der Waals surface area contributed by atoms with E-state index in [1.807, 2.05) is 12.1 Å². The summed E-state index contributed by atoms with van der Waals surface area (Å²) in [4.78, 5) is 0. The molecule has 3 atom stereocenters. The van der Waals surface area contributed by atoms with Crippen molar-refractivity contribution in [2.45, 2.75) is 45.2 Å². The van der Waals surface area contributed by atoms with Crippen molar-refractivity contribution in [3.05, 3.63) is 29.8 Å². The molecule has 1 aliphatic carbocycles. The number of ether oxygens (including phenoxy) is 1. The van der Waals surface area contributed by atoms with Gasteiger partial charge in [-0.2, -0.15) is 0 Å². The minimum absolute atomic E-state index is 0.358. The lowest BCUT2D eigenvalue weighted by atomic mass is 10.0. The average molecular weight is 233 g/mol. The van der Waals surface area contributed by atoms with Crippen LogP contribution >= 0.6 is 0 Å². The third kappa shape index (κ3) is 2.81. The van der Waals surface area contributed by atoms with Crippen molar-refractivity contribution in [1.29, 1.82) is 0 Å². The fourth-order valence-electron chi connectivity index (χ4n) is 2.83. The van der Waals surface area contributed by atoms with E-state index in [1.54, 1.807) is 7.11 Å². The number of benzene rings is 1. The van der Waals surface area contributed by atoms with Crippen LogP contribution in [0.25, 0.3) is 0 Å².